The molecule has 1 atom stereocenters. The summed E-state index contributed by atoms with van der Waals surface area (Å²) in [6, 6.07) is 9.67. The van der Waals surface area contributed by atoms with Gasteiger partial charge in [0.2, 0.25) is 22.7 Å². The second kappa shape index (κ2) is 8.94. The fourth-order valence-corrected chi connectivity index (χ4v) is 5.61. The number of nitrogens with zero attached hydrogens (tertiary/aromatic N) is 1. The number of nitrogens with one attached hydrogen (secondary N) is 1. The Hall–Kier alpha value is -2.49. The van der Waals surface area contributed by atoms with Crippen molar-refractivity contribution in [3.8, 4) is 17.2 Å². The second-order valence-corrected chi connectivity index (χ2v) is 9.63. The van der Waals surface area contributed by atoms with Crippen LogP contribution >= 0.6 is 11.6 Å². The van der Waals surface area contributed by atoms with Crippen LogP contribution in [0.2, 0.25) is 5.02 Å². The van der Waals surface area contributed by atoms with Gasteiger partial charge in [0.05, 0.1) is 12.5 Å². The van der Waals surface area contributed by atoms with Gasteiger partial charge in [0.1, 0.15) is 10.6 Å². The third kappa shape index (κ3) is 4.58. The number of hydrogen-bond acceptors (Lipinski definition) is 6. The molecule has 10 heteroatoms. The minimum Gasteiger partial charge on any atom is -0.492 e. The Bertz CT molecular complexity index is 1090. The van der Waals surface area contributed by atoms with Crippen molar-refractivity contribution in [3.63, 3.8) is 0 Å². The standard InChI is InChI=1S/C21H23ClN2O6S/c1-2-28-18-7-5-15(22)10-20(18)31(26,27)24-9-3-4-14(12-24)21(25)23-16-6-8-17-19(11-16)30-13-29-17/h5-8,10-11,14H,2-4,9,12-13H2,1H3,(H,23,25). The molecular formula is C21H23ClN2O6S. The van der Waals surface area contributed by atoms with Crippen molar-refractivity contribution in [3.05, 3.63) is 41.4 Å². The van der Waals surface area contributed by atoms with Gasteiger partial charge in [0, 0.05) is 29.9 Å². The maximum atomic E-state index is 13.3. The van der Waals surface area contributed by atoms with Crippen molar-refractivity contribution in [1.82, 2.24) is 4.31 Å². The molecule has 1 amide bonds. The Morgan fingerprint density at radius 3 is 2.84 bits per heavy atom. The number of halogens is 1. The van der Waals surface area contributed by atoms with Crippen molar-refractivity contribution in [2.75, 3.05) is 31.8 Å². The molecule has 1 unspecified atom stereocenters. The van der Waals surface area contributed by atoms with Crippen molar-refractivity contribution >= 4 is 33.2 Å². The molecule has 0 aliphatic carbocycles. The molecule has 2 heterocycles. The summed E-state index contributed by atoms with van der Waals surface area (Å²) < 4.78 is 44.1. The van der Waals surface area contributed by atoms with Gasteiger partial charge in [-0.3, -0.25) is 4.79 Å². The van der Waals surface area contributed by atoms with Crippen LogP contribution < -0.4 is 19.5 Å². The number of carbonyl (C=O) groups is 1. The van der Waals surface area contributed by atoms with E-state index in [1.165, 1.54) is 10.4 Å². The molecule has 1 saturated heterocycles. The highest BCUT2D eigenvalue weighted by molar-refractivity contribution is 7.89. The minimum atomic E-state index is -3.88. The molecule has 2 aliphatic heterocycles. The molecule has 0 radical (unpaired) electrons. The van der Waals surface area contributed by atoms with Gasteiger partial charge < -0.3 is 19.5 Å². The Kier molecular flexibility index (Phi) is 6.27. The SMILES string of the molecule is CCOc1ccc(Cl)cc1S(=O)(=O)N1CCCC(C(=O)Nc2ccc3c(c2)OCO3)C1. The summed E-state index contributed by atoms with van der Waals surface area (Å²) >= 11 is 6.05. The van der Waals surface area contributed by atoms with E-state index in [9.17, 15) is 13.2 Å². The summed E-state index contributed by atoms with van der Waals surface area (Å²) in [7, 11) is -3.88. The predicted octanol–water partition coefficient (Wildman–Crippen LogP) is 3.51. The highest BCUT2D eigenvalue weighted by Crippen LogP contribution is 2.35. The van der Waals surface area contributed by atoms with Gasteiger partial charge in [-0.25, -0.2) is 8.42 Å². The number of anilines is 1. The maximum absolute atomic E-state index is 13.3. The number of benzene rings is 2. The first-order valence-corrected chi connectivity index (χ1v) is 11.8. The van der Waals surface area contributed by atoms with E-state index in [1.807, 2.05) is 0 Å². The van der Waals surface area contributed by atoms with E-state index < -0.39 is 15.9 Å². The predicted molar refractivity (Wildman–Crippen MR) is 115 cm³/mol. The van der Waals surface area contributed by atoms with Crippen LogP contribution in [0.3, 0.4) is 0 Å². The van der Waals surface area contributed by atoms with E-state index in [2.05, 4.69) is 5.32 Å². The molecule has 0 aromatic heterocycles. The lowest BCUT2D eigenvalue weighted by Crippen LogP contribution is -2.43. The molecule has 0 saturated carbocycles. The van der Waals surface area contributed by atoms with Crippen molar-refractivity contribution in [2.24, 2.45) is 5.92 Å². The van der Waals surface area contributed by atoms with Crippen molar-refractivity contribution in [2.45, 2.75) is 24.7 Å². The largest absolute Gasteiger partial charge is 0.492 e. The van der Waals surface area contributed by atoms with Gasteiger partial charge in [-0.1, -0.05) is 11.6 Å². The molecule has 166 valence electrons. The molecule has 4 rings (SSSR count). The van der Waals surface area contributed by atoms with Gasteiger partial charge in [-0.05, 0) is 50.1 Å². The Morgan fingerprint density at radius 2 is 2.03 bits per heavy atom. The lowest BCUT2D eigenvalue weighted by atomic mass is 9.98. The van der Waals surface area contributed by atoms with E-state index in [-0.39, 0.29) is 29.9 Å². The number of hydrogen-bond donors (Lipinski definition) is 1. The number of amides is 1. The Morgan fingerprint density at radius 1 is 1.23 bits per heavy atom. The first-order chi connectivity index (χ1) is 14.9. The van der Waals surface area contributed by atoms with E-state index in [0.29, 0.717) is 48.2 Å². The van der Waals surface area contributed by atoms with Gasteiger partial charge >= 0.3 is 0 Å². The zero-order chi connectivity index (χ0) is 22.0. The summed E-state index contributed by atoms with van der Waals surface area (Å²) in [5, 5.41) is 3.15. The van der Waals surface area contributed by atoms with E-state index in [1.54, 1.807) is 37.3 Å². The number of piperidine rings is 1. The molecule has 8 nitrogen and oxygen atoms in total. The maximum Gasteiger partial charge on any atom is 0.246 e. The molecule has 2 aromatic rings. The first-order valence-electron chi connectivity index (χ1n) is 10.0. The zero-order valence-electron chi connectivity index (χ0n) is 17.0. The van der Waals surface area contributed by atoms with Crippen LogP contribution in [0.1, 0.15) is 19.8 Å². The molecule has 1 N–H and O–H groups in total. The molecule has 0 bridgehead atoms. The lowest BCUT2D eigenvalue weighted by molar-refractivity contribution is -0.120. The summed E-state index contributed by atoms with van der Waals surface area (Å²) in [6.45, 7) is 2.66. The minimum absolute atomic E-state index is 0.0127. The molecule has 0 spiro atoms. The van der Waals surface area contributed by atoms with Crippen LogP contribution in [0.4, 0.5) is 5.69 Å². The fraction of sp³-hybridized carbons (Fsp3) is 0.381. The van der Waals surface area contributed by atoms with E-state index in [4.69, 9.17) is 25.8 Å². The fourth-order valence-electron chi connectivity index (χ4n) is 3.69. The average molecular weight is 467 g/mol. The normalized spacial score (nSPS) is 18.6. The summed E-state index contributed by atoms with van der Waals surface area (Å²) in [4.78, 5) is 12.9. The molecule has 2 aromatic carbocycles. The highest BCUT2D eigenvalue weighted by atomic mass is 35.5. The number of fused-ring (bicyclic) bond motifs is 1. The molecular weight excluding hydrogens is 444 g/mol. The van der Waals surface area contributed by atoms with Gasteiger partial charge in [0.15, 0.2) is 11.5 Å². The van der Waals surface area contributed by atoms with Crippen molar-refractivity contribution in [1.29, 1.82) is 0 Å². The summed E-state index contributed by atoms with van der Waals surface area (Å²) in [6.07, 6.45) is 1.17. The molecule has 2 aliphatic rings. The van der Waals surface area contributed by atoms with Gasteiger partial charge in [0.25, 0.3) is 0 Å². The van der Waals surface area contributed by atoms with Crippen molar-refractivity contribution < 1.29 is 27.4 Å². The van der Waals surface area contributed by atoms with Crippen LogP contribution in [0, 0.1) is 5.92 Å². The summed E-state index contributed by atoms with van der Waals surface area (Å²) in [5.41, 5.74) is 0.572. The highest BCUT2D eigenvalue weighted by Gasteiger charge is 2.35. The number of ether oxygens (including phenoxy) is 3. The average Bonchev–Trinajstić information content (AvgIpc) is 3.23. The third-order valence-corrected chi connectivity index (χ3v) is 7.34. The van der Waals surface area contributed by atoms with Crippen LogP contribution in [-0.2, 0) is 14.8 Å². The zero-order valence-corrected chi connectivity index (χ0v) is 18.5. The number of carbonyl (C=O) groups excluding carboxylic acids is 1. The third-order valence-electron chi connectivity index (χ3n) is 5.22. The van der Waals surface area contributed by atoms with Gasteiger partial charge in [-0.2, -0.15) is 4.31 Å². The number of rotatable bonds is 6. The first kappa shape index (κ1) is 21.7. The van der Waals surface area contributed by atoms with Crippen LogP contribution in [0.5, 0.6) is 17.2 Å². The topological polar surface area (TPSA) is 94.2 Å². The number of sulfonamides is 1. The Balaban J connectivity index is 1.50. The lowest BCUT2D eigenvalue weighted by Gasteiger charge is -2.31. The quantitative estimate of drug-likeness (QED) is 0.700. The smallest absolute Gasteiger partial charge is 0.246 e. The van der Waals surface area contributed by atoms with Crippen LogP contribution in [0.15, 0.2) is 41.3 Å². The second-order valence-electron chi connectivity index (χ2n) is 7.28. The summed E-state index contributed by atoms with van der Waals surface area (Å²) in [5.74, 6) is 0.715. The monoisotopic (exact) mass is 466 g/mol. The van der Waals surface area contributed by atoms with E-state index in [0.717, 1.165) is 0 Å². The van der Waals surface area contributed by atoms with Gasteiger partial charge in [-0.15, -0.1) is 0 Å². The van der Waals surface area contributed by atoms with Crippen LogP contribution in [0.25, 0.3) is 0 Å². The Labute approximate surface area is 186 Å². The van der Waals surface area contributed by atoms with Crippen LogP contribution in [-0.4, -0.2) is 45.1 Å². The molecule has 1 fully saturated rings. The molecule has 31 heavy (non-hydrogen) atoms. The van der Waals surface area contributed by atoms with E-state index >= 15 is 0 Å².